The number of amides is 3. The Morgan fingerprint density at radius 3 is 2.54 bits per heavy atom. The molecule has 1 aromatic carbocycles. The first-order chi connectivity index (χ1) is 11.3. The molecule has 0 aliphatic carbocycles. The van der Waals surface area contributed by atoms with Gasteiger partial charge in [-0.3, -0.25) is 14.4 Å². The van der Waals surface area contributed by atoms with Crippen molar-refractivity contribution in [2.24, 2.45) is 11.7 Å². The second kappa shape index (κ2) is 7.47. The molecule has 0 fully saturated rings. The molecule has 0 aromatic heterocycles. The normalized spacial score (nSPS) is 17.5. The lowest BCUT2D eigenvalue weighted by Gasteiger charge is -2.28. The molecular weight excluding hydrogens is 306 g/mol. The molecule has 6 heteroatoms. The topological polar surface area (TPSA) is 92.5 Å². The van der Waals surface area contributed by atoms with Crippen LogP contribution in [-0.2, 0) is 20.8 Å². The Morgan fingerprint density at radius 2 is 1.92 bits per heavy atom. The van der Waals surface area contributed by atoms with Crippen LogP contribution in [0.25, 0.3) is 0 Å². The number of benzene rings is 1. The van der Waals surface area contributed by atoms with Crippen molar-refractivity contribution in [1.29, 1.82) is 0 Å². The molecule has 2 rings (SSSR count). The maximum atomic E-state index is 13.0. The number of primary amides is 1. The van der Waals surface area contributed by atoms with E-state index in [4.69, 9.17) is 5.73 Å². The zero-order valence-corrected chi connectivity index (χ0v) is 14.4. The monoisotopic (exact) mass is 331 g/mol. The van der Waals surface area contributed by atoms with Gasteiger partial charge in [0.2, 0.25) is 17.7 Å². The number of nitrogens with one attached hydrogen (secondary N) is 1. The number of fused-ring (bicyclic) bond motifs is 1. The van der Waals surface area contributed by atoms with E-state index >= 15 is 0 Å². The lowest BCUT2D eigenvalue weighted by Crippen LogP contribution is -2.52. The summed E-state index contributed by atoms with van der Waals surface area (Å²) in [5.74, 6) is -0.979. The summed E-state index contributed by atoms with van der Waals surface area (Å²) in [7, 11) is 0. The van der Waals surface area contributed by atoms with E-state index < -0.39 is 11.9 Å². The minimum absolute atomic E-state index is 0.0210. The highest BCUT2D eigenvalue weighted by Crippen LogP contribution is 2.32. The first-order valence-electron chi connectivity index (χ1n) is 8.28. The number of hydrogen-bond donors (Lipinski definition) is 2. The Morgan fingerprint density at radius 1 is 1.25 bits per heavy atom. The molecule has 0 spiro atoms. The lowest BCUT2D eigenvalue weighted by atomic mass is 10.1. The summed E-state index contributed by atoms with van der Waals surface area (Å²) in [5, 5.41) is 2.68. The number of rotatable bonds is 6. The van der Waals surface area contributed by atoms with Crippen LogP contribution in [0.15, 0.2) is 24.3 Å². The molecule has 1 aliphatic heterocycles. The summed E-state index contributed by atoms with van der Waals surface area (Å²) < 4.78 is 0. The summed E-state index contributed by atoms with van der Waals surface area (Å²) >= 11 is 0. The van der Waals surface area contributed by atoms with Crippen molar-refractivity contribution in [3.63, 3.8) is 0 Å². The molecule has 3 N–H and O–H groups in total. The molecule has 0 bridgehead atoms. The van der Waals surface area contributed by atoms with Crippen molar-refractivity contribution in [1.82, 2.24) is 5.32 Å². The molecule has 0 saturated heterocycles. The van der Waals surface area contributed by atoms with Crippen LogP contribution < -0.4 is 16.0 Å². The molecule has 130 valence electrons. The van der Waals surface area contributed by atoms with Crippen molar-refractivity contribution >= 4 is 23.4 Å². The Hall–Kier alpha value is -2.37. The van der Waals surface area contributed by atoms with E-state index in [2.05, 4.69) is 5.32 Å². The standard InChI is InChI=1S/C18H25N3O3/c1-11(2)8-17(23)20-14(10-16(19)22)18(24)21-12(3)9-13-6-4-5-7-15(13)21/h4-7,11-12,14H,8-10H2,1-3H3,(H2,19,22)(H,20,23)/t12-,14+/m1/s1. The summed E-state index contributed by atoms with van der Waals surface area (Å²) in [6.45, 7) is 5.79. The zero-order valence-electron chi connectivity index (χ0n) is 14.4. The third-order valence-electron chi connectivity index (χ3n) is 4.08. The lowest BCUT2D eigenvalue weighted by molar-refractivity contribution is -0.130. The smallest absolute Gasteiger partial charge is 0.250 e. The van der Waals surface area contributed by atoms with Crippen LogP contribution in [0.3, 0.4) is 0 Å². The number of nitrogens with zero attached hydrogens (tertiary/aromatic N) is 1. The van der Waals surface area contributed by atoms with Gasteiger partial charge in [-0.2, -0.15) is 0 Å². The Bertz CT molecular complexity index is 642. The van der Waals surface area contributed by atoms with Gasteiger partial charge in [0.25, 0.3) is 0 Å². The maximum Gasteiger partial charge on any atom is 0.250 e. The quantitative estimate of drug-likeness (QED) is 0.824. The molecule has 2 atom stereocenters. The molecule has 0 unspecified atom stereocenters. The van der Waals surface area contributed by atoms with Crippen LogP contribution in [0.2, 0.25) is 0 Å². The average Bonchev–Trinajstić information content (AvgIpc) is 2.80. The minimum atomic E-state index is -0.928. The first kappa shape index (κ1) is 18.0. The van der Waals surface area contributed by atoms with Gasteiger partial charge in [0.05, 0.1) is 6.42 Å². The van der Waals surface area contributed by atoms with Gasteiger partial charge in [-0.05, 0) is 30.9 Å². The molecule has 1 aromatic rings. The SMILES string of the molecule is CC(C)CC(=O)N[C@@H](CC(N)=O)C(=O)N1c2ccccc2C[C@H]1C. The molecule has 0 radical (unpaired) electrons. The van der Waals surface area contributed by atoms with Crippen molar-refractivity contribution in [2.75, 3.05) is 4.90 Å². The molecule has 3 amide bonds. The van der Waals surface area contributed by atoms with Gasteiger partial charge in [-0.1, -0.05) is 32.0 Å². The molecule has 1 heterocycles. The molecule has 24 heavy (non-hydrogen) atoms. The maximum absolute atomic E-state index is 13.0. The number of anilines is 1. The van der Waals surface area contributed by atoms with Crippen molar-refractivity contribution < 1.29 is 14.4 Å². The Balaban J connectivity index is 2.21. The summed E-state index contributed by atoms with van der Waals surface area (Å²) in [6, 6.07) is 6.73. The van der Waals surface area contributed by atoms with Crippen LogP contribution in [0.1, 0.15) is 39.2 Å². The van der Waals surface area contributed by atoms with Crippen LogP contribution in [-0.4, -0.2) is 29.8 Å². The second-order valence-corrected chi connectivity index (χ2v) is 6.78. The molecule has 1 aliphatic rings. The average molecular weight is 331 g/mol. The van der Waals surface area contributed by atoms with Crippen LogP contribution in [0.5, 0.6) is 0 Å². The van der Waals surface area contributed by atoms with Crippen molar-refractivity contribution in [3.05, 3.63) is 29.8 Å². The second-order valence-electron chi connectivity index (χ2n) is 6.78. The van der Waals surface area contributed by atoms with Crippen molar-refractivity contribution in [3.8, 4) is 0 Å². The molecular formula is C18H25N3O3. The predicted octanol–water partition coefficient (Wildman–Crippen LogP) is 1.37. The Labute approximate surface area is 142 Å². The van der Waals surface area contributed by atoms with Gasteiger partial charge in [-0.15, -0.1) is 0 Å². The van der Waals surface area contributed by atoms with E-state index in [9.17, 15) is 14.4 Å². The highest BCUT2D eigenvalue weighted by Gasteiger charge is 2.35. The fourth-order valence-electron chi connectivity index (χ4n) is 3.09. The van der Waals surface area contributed by atoms with Crippen molar-refractivity contribution in [2.45, 2.75) is 52.1 Å². The van der Waals surface area contributed by atoms with E-state index in [0.29, 0.717) is 6.42 Å². The van der Waals surface area contributed by atoms with Gasteiger partial charge in [0.15, 0.2) is 0 Å². The largest absolute Gasteiger partial charge is 0.370 e. The van der Waals surface area contributed by atoms with Crippen LogP contribution >= 0.6 is 0 Å². The number of carbonyl (C=O) groups excluding carboxylic acids is 3. The molecule has 6 nitrogen and oxygen atoms in total. The summed E-state index contributed by atoms with van der Waals surface area (Å²) in [6.07, 6.45) is 0.855. The van der Waals surface area contributed by atoms with Gasteiger partial charge in [0, 0.05) is 18.2 Å². The number of carbonyl (C=O) groups is 3. The number of para-hydroxylation sites is 1. The van der Waals surface area contributed by atoms with E-state index in [1.807, 2.05) is 45.0 Å². The fraction of sp³-hybridized carbons (Fsp3) is 0.500. The first-order valence-corrected chi connectivity index (χ1v) is 8.28. The summed E-state index contributed by atoms with van der Waals surface area (Å²) in [4.78, 5) is 38.1. The third-order valence-corrected chi connectivity index (χ3v) is 4.08. The van der Waals surface area contributed by atoms with E-state index in [1.54, 1.807) is 4.90 Å². The highest BCUT2D eigenvalue weighted by atomic mass is 16.2. The van der Waals surface area contributed by atoms with Gasteiger partial charge < -0.3 is 16.0 Å². The van der Waals surface area contributed by atoms with E-state index in [-0.39, 0.29) is 30.2 Å². The fourth-order valence-corrected chi connectivity index (χ4v) is 3.09. The predicted molar refractivity (Wildman–Crippen MR) is 92.3 cm³/mol. The highest BCUT2D eigenvalue weighted by molar-refractivity contribution is 6.03. The zero-order chi connectivity index (χ0) is 17.9. The third kappa shape index (κ3) is 4.13. The van der Waals surface area contributed by atoms with Crippen LogP contribution in [0.4, 0.5) is 5.69 Å². The van der Waals surface area contributed by atoms with E-state index in [0.717, 1.165) is 17.7 Å². The number of hydrogen-bond acceptors (Lipinski definition) is 3. The Kier molecular flexibility index (Phi) is 5.59. The van der Waals surface area contributed by atoms with Gasteiger partial charge in [0.1, 0.15) is 6.04 Å². The summed E-state index contributed by atoms with van der Waals surface area (Å²) in [5.41, 5.74) is 7.20. The van der Waals surface area contributed by atoms with E-state index in [1.165, 1.54) is 0 Å². The van der Waals surface area contributed by atoms with Gasteiger partial charge >= 0.3 is 0 Å². The minimum Gasteiger partial charge on any atom is -0.370 e. The van der Waals surface area contributed by atoms with Crippen LogP contribution in [0, 0.1) is 5.92 Å². The number of nitrogens with two attached hydrogens (primary N) is 1. The molecule has 0 saturated carbocycles. The van der Waals surface area contributed by atoms with Gasteiger partial charge in [-0.25, -0.2) is 0 Å².